The van der Waals surface area contributed by atoms with Crippen molar-refractivity contribution in [2.75, 3.05) is 29.5 Å². The second kappa shape index (κ2) is 5.61. The van der Waals surface area contributed by atoms with Crippen molar-refractivity contribution in [3.8, 4) is 0 Å². The summed E-state index contributed by atoms with van der Waals surface area (Å²) >= 11 is 0. The number of nitrogens with zero attached hydrogens (tertiary/aromatic N) is 2. The van der Waals surface area contributed by atoms with Crippen LogP contribution in [0.4, 0.5) is 5.69 Å². The van der Waals surface area contributed by atoms with Gasteiger partial charge in [-0.3, -0.25) is 4.98 Å². The quantitative estimate of drug-likeness (QED) is 0.905. The molecule has 3 rings (SSSR count). The summed E-state index contributed by atoms with van der Waals surface area (Å²) in [6.45, 7) is 1.65. The first kappa shape index (κ1) is 14.3. The number of hydrogen-bond donors (Lipinski definition) is 1. The van der Waals surface area contributed by atoms with Gasteiger partial charge in [-0.15, -0.1) is 0 Å². The molecule has 5 nitrogen and oxygen atoms in total. The van der Waals surface area contributed by atoms with Crippen LogP contribution in [0.25, 0.3) is 10.9 Å². The molecule has 1 aliphatic heterocycles. The minimum Gasteiger partial charge on any atom is -0.370 e. The van der Waals surface area contributed by atoms with Gasteiger partial charge in [0, 0.05) is 36.8 Å². The highest BCUT2D eigenvalue weighted by Crippen LogP contribution is 2.30. The number of pyridine rings is 1. The highest BCUT2D eigenvalue weighted by Gasteiger charge is 2.22. The number of benzene rings is 1. The number of fused-ring (bicyclic) bond motifs is 1. The van der Waals surface area contributed by atoms with Crippen molar-refractivity contribution >= 4 is 26.4 Å². The molecule has 0 saturated carbocycles. The van der Waals surface area contributed by atoms with E-state index >= 15 is 0 Å². The van der Waals surface area contributed by atoms with Crippen LogP contribution in [0.1, 0.15) is 12.0 Å². The van der Waals surface area contributed by atoms with Crippen LogP contribution in [0.5, 0.6) is 0 Å². The number of sulfone groups is 1. The number of hydrogen-bond acceptors (Lipinski definition) is 5. The van der Waals surface area contributed by atoms with E-state index in [9.17, 15) is 8.42 Å². The van der Waals surface area contributed by atoms with E-state index in [0.29, 0.717) is 19.5 Å². The summed E-state index contributed by atoms with van der Waals surface area (Å²) in [6, 6.07) is 7.92. The first-order chi connectivity index (χ1) is 10.1. The van der Waals surface area contributed by atoms with Gasteiger partial charge in [0.25, 0.3) is 0 Å². The van der Waals surface area contributed by atoms with Crippen molar-refractivity contribution in [3.63, 3.8) is 0 Å². The maximum atomic E-state index is 11.8. The third-order valence-electron chi connectivity index (χ3n) is 3.91. The zero-order valence-electron chi connectivity index (χ0n) is 11.8. The van der Waals surface area contributed by atoms with E-state index < -0.39 is 9.84 Å². The topological polar surface area (TPSA) is 76.3 Å². The van der Waals surface area contributed by atoms with Crippen molar-refractivity contribution < 1.29 is 8.42 Å². The third-order valence-corrected chi connectivity index (χ3v) is 5.63. The zero-order valence-corrected chi connectivity index (χ0v) is 12.6. The summed E-state index contributed by atoms with van der Waals surface area (Å²) in [6.07, 6.45) is 2.46. The van der Waals surface area contributed by atoms with Crippen LogP contribution in [0.3, 0.4) is 0 Å². The van der Waals surface area contributed by atoms with E-state index in [2.05, 4.69) is 9.88 Å². The molecule has 2 N–H and O–H groups in total. The van der Waals surface area contributed by atoms with Gasteiger partial charge in [-0.2, -0.15) is 0 Å². The molecule has 2 aromatic rings. The summed E-state index contributed by atoms with van der Waals surface area (Å²) in [5.74, 6) is 0.470. The van der Waals surface area contributed by atoms with E-state index in [1.807, 2.05) is 24.3 Å². The number of anilines is 1. The number of rotatable bonds is 2. The van der Waals surface area contributed by atoms with E-state index in [4.69, 9.17) is 5.73 Å². The van der Waals surface area contributed by atoms with Crippen LogP contribution in [-0.4, -0.2) is 38.0 Å². The van der Waals surface area contributed by atoms with Crippen LogP contribution in [0.15, 0.2) is 30.5 Å². The lowest BCUT2D eigenvalue weighted by Gasteiger charge is -2.26. The van der Waals surface area contributed by atoms with Gasteiger partial charge in [0.2, 0.25) is 0 Å². The summed E-state index contributed by atoms with van der Waals surface area (Å²) in [5, 5.41) is 1.04. The summed E-state index contributed by atoms with van der Waals surface area (Å²) < 4.78 is 23.6. The average molecular weight is 305 g/mol. The van der Waals surface area contributed by atoms with Crippen molar-refractivity contribution in [2.24, 2.45) is 5.73 Å². The lowest BCUT2D eigenvalue weighted by atomic mass is 10.1. The first-order valence-electron chi connectivity index (χ1n) is 7.13. The van der Waals surface area contributed by atoms with Crippen LogP contribution >= 0.6 is 0 Å². The summed E-state index contributed by atoms with van der Waals surface area (Å²) in [4.78, 5) is 6.58. The number of nitrogens with two attached hydrogens (primary N) is 1. The van der Waals surface area contributed by atoms with Gasteiger partial charge in [0.05, 0.1) is 22.7 Å². The smallest absolute Gasteiger partial charge is 0.152 e. The molecule has 1 aliphatic rings. The Morgan fingerprint density at radius 2 is 2.00 bits per heavy atom. The average Bonchev–Trinajstić information content (AvgIpc) is 2.67. The third kappa shape index (κ3) is 2.87. The zero-order chi connectivity index (χ0) is 14.9. The van der Waals surface area contributed by atoms with Gasteiger partial charge >= 0.3 is 0 Å². The van der Waals surface area contributed by atoms with Gasteiger partial charge in [-0.1, -0.05) is 18.2 Å². The summed E-state index contributed by atoms with van der Waals surface area (Å²) in [5.41, 5.74) is 8.78. The molecule has 0 bridgehead atoms. The molecule has 2 heterocycles. The molecule has 6 heteroatoms. The standard InChI is InChI=1S/C15H19N3O2S/c16-10-12-11-17-14-5-2-1-4-13(14)15(12)18-6-3-8-21(19,20)9-7-18/h1-2,4-5,11H,3,6-10,16H2. The molecule has 1 saturated heterocycles. The molecule has 0 atom stereocenters. The lowest BCUT2D eigenvalue weighted by molar-refractivity contribution is 0.597. The van der Waals surface area contributed by atoms with Crippen molar-refractivity contribution in [2.45, 2.75) is 13.0 Å². The first-order valence-corrected chi connectivity index (χ1v) is 8.95. The van der Waals surface area contributed by atoms with Gasteiger partial charge < -0.3 is 10.6 Å². The molecule has 1 fully saturated rings. The molecular formula is C15H19N3O2S. The minimum absolute atomic E-state index is 0.202. The van der Waals surface area contributed by atoms with Crippen LogP contribution in [0.2, 0.25) is 0 Å². The van der Waals surface area contributed by atoms with Crippen LogP contribution in [0, 0.1) is 0 Å². The summed E-state index contributed by atoms with van der Waals surface area (Å²) in [7, 11) is -2.92. The van der Waals surface area contributed by atoms with Gasteiger partial charge in [-0.05, 0) is 12.5 Å². The SMILES string of the molecule is NCc1cnc2ccccc2c1N1CCCS(=O)(=O)CC1. The number of para-hydroxylation sites is 1. The normalized spacial score (nSPS) is 18.6. The van der Waals surface area contributed by atoms with E-state index in [-0.39, 0.29) is 11.5 Å². The second-order valence-electron chi connectivity index (χ2n) is 5.35. The fourth-order valence-electron chi connectivity index (χ4n) is 2.85. The Morgan fingerprint density at radius 3 is 2.81 bits per heavy atom. The van der Waals surface area contributed by atoms with E-state index in [0.717, 1.165) is 28.7 Å². The molecule has 112 valence electrons. The highest BCUT2D eigenvalue weighted by molar-refractivity contribution is 7.91. The maximum absolute atomic E-state index is 11.8. The van der Waals surface area contributed by atoms with Gasteiger partial charge in [-0.25, -0.2) is 8.42 Å². The Bertz CT molecular complexity index is 759. The van der Waals surface area contributed by atoms with Crippen molar-refractivity contribution in [1.29, 1.82) is 0 Å². The minimum atomic E-state index is -2.92. The predicted molar refractivity (Wildman–Crippen MR) is 85.1 cm³/mol. The van der Waals surface area contributed by atoms with Crippen LogP contribution in [-0.2, 0) is 16.4 Å². The molecule has 0 spiro atoms. The fourth-order valence-corrected chi connectivity index (χ4v) is 4.12. The molecule has 0 radical (unpaired) electrons. The van der Waals surface area contributed by atoms with Gasteiger partial charge in [0.15, 0.2) is 9.84 Å². The van der Waals surface area contributed by atoms with Crippen LogP contribution < -0.4 is 10.6 Å². The van der Waals surface area contributed by atoms with Gasteiger partial charge in [0.1, 0.15) is 0 Å². The maximum Gasteiger partial charge on any atom is 0.152 e. The molecular weight excluding hydrogens is 286 g/mol. The fraction of sp³-hybridized carbons (Fsp3) is 0.400. The lowest BCUT2D eigenvalue weighted by Crippen LogP contribution is -2.28. The van der Waals surface area contributed by atoms with E-state index in [1.54, 1.807) is 6.20 Å². The Balaban J connectivity index is 2.10. The molecule has 0 aliphatic carbocycles. The predicted octanol–water partition coefficient (Wildman–Crippen LogP) is 1.32. The monoisotopic (exact) mass is 305 g/mol. The Labute approximate surface area is 124 Å². The molecule has 1 aromatic carbocycles. The van der Waals surface area contributed by atoms with E-state index in [1.165, 1.54) is 0 Å². The molecule has 0 amide bonds. The largest absolute Gasteiger partial charge is 0.370 e. The molecule has 1 aromatic heterocycles. The van der Waals surface area contributed by atoms with Crippen molar-refractivity contribution in [3.05, 3.63) is 36.0 Å². The Hall–Kier alpha value is -1.66. The Morgan fingerprint density at radius 1 is 1.19 bits per heavy atom. The molecule has 21 heavy (non-hydrogen) atoms. The molecule has 0 unspecified atom stereocenters. The Kier molecular flexibility index (Phi) is 3.82. The second-order valence-corrected chi connectivity index (χ2v) is 7.65. The highest BCUT2D eigenvalue weighted by atomic mass is 32.2. The number of aromatic nitrogens is 1. The van der Waals surface area contributed by atoms with Crippen molar-refractivity contribution in [1.82, 2.24) is 4.98 Å².